The molecular formula is C15H20ClFN4. The highest BCUT2D eigenvalue weighted by molar-refractivity contribution is 6.31. The summed E-state index contributed by atoms with van der Waals surface area (Å²) in [6.07, 6.45) is 1.01. The number of benzene rings is 1. The molecule has 6 heteroatoms. The van der Waals surface area contributed by atoms with E-state index in [-0.39, 0.29) is 11.9 Å². The summed E-state index contributed by atoms with van der Waals surface area (Å²) in [6, 6.07) is 4.52. The molecule has 114 valence electrons. The van der Waals surface area contributed by atoms with Crippen LogP contribution < -0.4 is 5.32 Å². The zero-order valence-electron chi connectivity index (χ0n) is 12.5. The van der Waals surface area contributed by atoms with Crippen LogP contribution in [0.1, 0.15) is 43.5 Å². The van der Waals surface area contributed by atoms with Gasteiger partial charge in [-0.05, 0) is 32.4 Å². The van der Waals surface area contributed by atoms with Crippen LogP contribution in [0.4, 0.5) is 4.39 Å². The lowest BCUT2D eigenvalue weighted by atomic mass is 10.1. The van der Waals surface area contributed by atoms with Gasteiger partial charge in [-0.15, -0.1) is 10.2 Å². The van der Waals surface area contributed by atoms with Gasteiger partial charge in [0.25, 0.3) is 0 Å². The van der Waals surface area contributed by atoms with E-state index in [9.17, 15) is 4.39 Å². The van der Waals surface area contributed by atoms with E-state index in [0.717, 1.165) is 24.6 Å². The van der Waals surface area contributed by atoms with Gasteiger partial charge in [0, 0.05) is 23.2 Å². The first-order valence-electron chi connectivity index (χ1n) is 7.10. The highest BCUT2D eigenvalue weighted by atomic mass is 35.5. The summed E-state index contributed by atoms with van der Waals surface area (Å²) in [4.78, 5) is 0. The van der Waals surface area contributed by atoms with Crippen LogP contribution >= 0.6 is 11.6 Å². The maximum absolute atomic E-state index is 13.9. The molecule has 4 nitrogen and oxygen atoms in total. The Morgan fingerprint density at radius 1 is 1.38 bits per heavy atom. The molecule has 21 heavy (non-hydrogen) atoms. The number of hydrogen-bond donors (Lipinski definition) is 1. The molecule has 1 aromatic carbocycles. The summed E-state index contributed by atoms with van der Waals surface area (Å²) < 4.78 is 15.9. The molecule has 2 rings (SSSR count). The molecule has 0 saturated heterocycles. The van der Waals surface area contributed by atoms with Crippen LogP contribution in [0.3, 0.4) is 0 Å². The average molecular weight is 311 g/mol. The second-order valence-electron chi connectivity index (χ2n) is 5.05. The van der Waals surface area contributed by atoms with Crippen molar-refractivity contribution >= 4 is 11.6 Å². The number of halogens is 2. The predicted molar refractivity (Wildman–Crippen MR) is 81.7 cm³/mol. The SMILES string of the molecule is CCCn1c(C)nnc1CN[C@H](C)c1c(F)cccc1Cl. The van der Waals surface area contributed by atoms with E-state index in [0.29, 0.717) is 17.1 Å². The summed E-state index contributed by atoms with van der Waals surface area (Å²) in [5, 5.41) is 12.0. The van der Waals surface area contributed by atoms with Gasteiger partial charge in [0.15, 0.2) is 0 Å². The second kappa shape index (κ2) is 7.00. The first-order valence-corrected chi connectivity index (χ1v) is 7.48. The minimum Gasteiger partial charge on any atom is -0.314 e. The zero-order chi connectivity index (χ0) is 15.4. The third-order valence-corrected chi connectivity index (χ3v) is 3.79. The number of hydrogen-bond acceptors (Lipinski definition) is 3. The van der Waals surface area contributed by atoms with Crippen LogP contribution in [0, 0.1) is 12.7 Å². The molecule has 0 aliphatic heterocycles. The van der Waals surface area contributed by atoms with Gasteiger partial charge in [0.1, 0.15) is 17.5 Å². The van der Waals surface area contributed by atoms with E-state index in [1.807, 2.05) is 13.8 Å². The van der Waals surface area contributed by atoms with Gasteiger partial charge in [0.05, 0.1) is 6.54 Å². The summed E-state index contributed by atoms with van der Waals surface area (Å²) in [7, 11) is 0. The maximum atomic E-state index is 13.9. The molecule has 1 atom stereocenters. The van der Waals surface area contributed by atoms with Gasteiger partial charge >= 0.3 is 0 Å². The number of nitrogens with one attached hydrogen (secondary N) is 1. The van der Waals surface area contributed by atoms with Crippen LogP contribution in [-0.2, 0) is 13.1 Å². The summed E-state index contributed by atoms with van der Waals surface area (Å²) in [5.41, 5.74) is 0.484. The topological polar surface area (TPSA) is 42.7 Å². The van der Waals surface area contributed by atoms with E-state index in [1.165, 1.54) is 6.07 Å². The Hall–Kier alpha value is -1.46. The van der Waals surface area contributed by atoms with E-state index in [2.05, 4.69) is 27.0 Å². The molecule has 0 aliphatic rings. The van der Waals surface area contributed by atoms with Crippen molar-refractivity contribution in [2.24, 2.45) is 0 Å². The molecule has 0 spiro atoms. The lowest BCUT2D eigenvalue weighted by Crippen LogP contribution is -2.22. The van der Waals surface area contributed by atoms with Gasteiger partial charge in [-0.25, -0.2) is 4.39 Å². The van der Waals surface area contributed by atoms with Gasteiger partial charge in [-0.2, -0.15) is 0 Å². The Kier molecular flexibility index (Phi) is 5.31. The first kappa shape index (κ1) is 15.9. The van der Waals surface area contributed by atoms with Gasteiger partial charge in [-0.3, -0.25) is 0 Å². The molecule has 0 bridgehead atoms. The minimum absolute atomic E-state index is 0.203. The van der Waals surface area contributed by atoms with Crippen molar-refractivity contribution in [3.63, 3.8) is 0 Å². The highest BCUT2D eigenvalue weighted by Crippen LogP contribution is 2.25. The second-order valence-corrected chi connectivity index (χ2v) is 5.46. The summed E-state index contributed by atoms with van der Waals surface area (Å²) >= 11 is 6.08. The van der Waals surface area contributed by atoms with Crippen molar-refractivity contribution in [2.75, 3.05) is 0 Å². The van der Waals surface area contributed by atoms with Crippen molar-refractivity contribution in [3.8, 4) is 0 Å². The molecule has 0 fully saturated rings. The zero-order valence-corrected chi connectivity index (χ0v) is 13.3. The number of aromatic nitrogens is 3. The summed E-state index contributed by atoms with van der Waals surface area (Å²) in [6.45, 7) is 7.33. The fourth-order valence-electron chi connectivity index (χ4n) is 2.34. The Morgan fingerprint density at radius 2 is 2.14 bits per heavy atom. The number of nitrogens with zero attached hydrogens (tertiary/aromatic N) is 3. The van der Waals surface area contributed by atoms with Crippen molar-refractivity contribution < 1.29 is 4.39 Å². The fraction of sp³-hybridized carbons (Fsp3) is 0.467. The van der Waals surface area contributed by atoms with E-state index >= 15 is 0 Å². The normalized spacial score (nSPS) is 12.6. The van der Waals surface area contributed by atoms with Crippen LogP contribution in [0.5, 0.6) is 0 Å². The Morgan fingerprint density at radius 3 is 2.81 bits per heavy atom. The van der Waals surface area contributed by atoms with Crippen LogP contribution in [0.2, 0.25) is 5.02 Å². The molecule has 0 unspecified atom stereocenters. The van der Waals surface area contributed by atoms with Crippen molar-refractivity contribution in [1.82, 2.24) is 20.1 Å². The Bertz CT molecular complexity index is 591. The largest absolute Gasteiger partial charge is 0.314 e. The van der Waals surface area contributed by atoms with Crippen molar-refractivity contribution in [1.29, 1.82) is 0 Å². The third-order valence-electron chi connectivity index (χ3n) is 3.46. The Balaban J connectivity index is 2.09. The fourth-order valence-corrected chi connectivity index (χ4v) is 2.67. The van der Waals surface area contributed by atoms with E-state index < -0.39 is 0 Å². The molecular weight excluding hydrogens is 291 g/mol. The molecule has 0 radical (unpaired) electrons. The molecule has 0 saturated carbocycles. The van der Waals surface area contributed by atoms with E-state index in [1.54, 1.807) is 12.1 Å². The maximum Gasteiger partial charge on any atom is 0.147 e. The van der Waals surface area contributed by atoms with Crippen molar-refractivity contribution in [2.45, 2.75) is 46.3 Å². The lowest BCUT2D eigenvalue weighted by molar-refractivity contribution is 0.504. The molecule has 0 amide bonds. The van der Waals surface area contributed by atoms with Crippen molar-refractivity contribution in [3.05, 3.63) is 46.3 Å². The lowest BCUT2D eigenvalue weighted by Gasteiger charge is -2.16. The molecule has 1 heterocycles. The molecule has 2 aromatic rings. The van der Waals surface area contributed by atoms with Gasteiger partial charge in [-0.1, -0.05) is 24.6 Å². The first-order chi connectivity index (χ1) is 10.0. The smallest absolute Gasteiger partial charge is 0.147 e. The Labute approximate surface area is 129 Å². The number of aryl methyl sites for hydroxylation is 1. The minimum atomic E-state index is -0.297. The van der Waals surface area contributed by atoms with Crippen LogP contribution in [-0.4, -0.2) is 14.8 Å². The van der Waals surface area contributed by atoms with E-state index in [4.69, 9.17) is 11.6 Å². The van der Waals surface area contributed by atoms with Gasteiger partial charge < -0.3 is 9.88 Å². The highest BCUT2D eigenvalue weighted by Gasteiger charge is 2.16. The summed E-state index contributed by atoms with van der Waals surface area (Å²) in [5.74, 6) is 1.45. The monoisotopic (exact) mass is 310 g/mol. The van der Waals surface area contributed by atoms with Crippen LogP contribution in [0.25, 0.3) is 0 Å². The molecule has 0 aliphatic carbocycles. The standard InChI is InChI=1S/C15H20ClFN4/c1-4-8-21-11(3)19-20-14(21)9-18-10(2)15-12(16)6-5-7-13(15)17/h5-7,10,18H,4,8-9H2,1-3H3/t10-/m1/s1. The quantitative estimate of drug-likeness (QED) is 0.886. The predicted octanol–water partition coefficient (Wildman–Crippen LogP) is 3.64. The average Bonchev–Trinajstić information content (AvgIpc) is 2.78. The molecule has 1 N–H and O–H groups in total. The third kappa shape index (κ3) is 3.60. The number of rotatable bonds is 6. The molecule has 1 aromatic heterocycles. The van der Waals surface area contributed by atoms with Crippen LogP contribution in [0.15, 0.2) is 18.2 Å². The van der Waals surface area contributed by atoms with Gasteiger partial charge in [0.2, 0.25) is 0 Å².